The minimum Gasteiger partial charge on any atom is -0.459 e. The first-order chi connectivity index (χ1) is 13.0. The SMILES string of the molecule is Cn1c(COC(=O)CCc2nc(-c3ccccc3)no2)cc(=O)n(C)c1=O. The van der Waals surface area contributed by atoms with Crippen molar-refractivity contribution in [3.05, 3.63) is 68.8 Å². The number of rotatable bonds is 6. The van der Waals surface area contributed by atoms with E-state index in [9.17, 15) is 14.4 Å². The van der Waals surface area contributed by atoms with Gasteiger partial charge in [0.25, 0.3) is 5.56 Å². The lowest BCUT2D eigenvalue weighted by molar-refractivity contribution is -0.145. The molecule has 9 heteroatoms. The van der Waals surface area contributed by atoms with E-state index in [1.54, 1.807) is 0 Å². The molecule has 27 heavy (non-hydrogen) atoms. The van der Waals surface area contributed by atoms with Crippen molar-refractivity contribution in [2.75, 3.05) is 0 Å². The second-order valence-electron chi connectivity index (χ2n) is 5.91. The lowest BCUT2D eigenvalue weighted by atomic mass is 10.2. The third kappa shape index (κ3) is 4.20. The average molecular weight is 370 g/mol. The maximum absolute atomic E-state index is 11.9. The number of aryl methyl sites for hydroxylation is 1. The van der Waals surface area contributed by atoms with Crippen molar-refractivity contribution in [1.29, 1.82) is 0 Å². The van der Waals surface area contributed by atoms with E-state index < -0.39 is 17.2 Å². The Morgan fingerprint density at radius 2 is 1.89 bits per heavy atom. The van der Waals surface area contributed by atoms with Crippen molar-refractivity contribution >= 4 is 5.97 Å². The molecule has 2 aromatic heterocycles. The second-order valence-corrected chi connectivity index (χ2v) is 5.91. The number of benzene rings is 1. The molecule has 0 N–H and O–H groups in total. The fourth-order valence-corrected chi connectivity index (χ4v) is 2.41. The minimum absolute atomic E-state index is 0.0369. The van der Waals surface area contributed by atoms with Crippen LogP contribution in [0.3, 0.4) is 0 Å². The van der Waals surface area contributed by atoms with Gasteiger partial charge in [0.1, 0.15) is 6.61 Å². The van der Waals surface area contributed by atoms with Crippen LogP contribution < -0.4 is 11.2 Å². The van der Waals surface area contributed by atoms with Crippen molar-refractivity contribution in [2.45, 2.75) is 19.4 Å². The highest BCUT2D eigenvalue weighted by atomic mass is 16.5. The van der Waals surface area contributed by atoms with Gasteiger partial charge in [-0.3, -0.25) is 18.7 Å². The van der Waals surface area contributed by atoms with Crippen LogP contribution in [-0.2, 0) is 36.7 Å². The summed E-state index contributed by atoms with van der Waals surface area (Å²) in [6.07, 6.45) is 0.267. The largest absolute Gasteiger partial charge is 0.459 e. The lowest BCUT2D eigenvalue weighted by Gasteiger charge is -2.09. The van der Waals surface area contributed by atoms with E-state index in [-0.39, 0.29) is 19.4 Å². The Labute approximate surface area is 153 Å². The lowest BCUT2D eigenvalue weighted by Crippen LogP contribution is -2.38. The Kier molecular flexibility index (Phi) is 5.30. The van der Waals surface area contributed by atoms with Gasteiger partial charge in [0.15, 0.2) is 0 Å². The standard InChI is InChI=1S/C18H18N4O5/c1-21-13(10-15(23)22(2)18(21)25)11-26-16(24)9-8-14-19-17(20-27-14)12-6-4-3-5-7-12/h3-7,10H,8-9,11H2,1-2H3. The molecule has 0 aliphatic rings. The maximum Gasteiger partial charge on any atom is 0.330 e. The van der Waals surface area contributed by atoms with E-state index in [2.05, 4.69) is 10.1 Å². The predicted molar refractivity (Wildman–Crippen MR) is 94.8 cm³/mol. The maximum atomic E-state index is 11.9. The van der Waals surface area contributed by atoms with Crippen LogP contribution in [0.4, 0.5) is 0 Å². The highest BCUT2D eigenvalue weighted by molar-refractivity contribution is 5.69. The minimum atomic E-state index is -0.498. The molecule has 0 aliphatic carbocycles. The summed E-state index contributed by atoms with van der Waals surface area (Å²) in [5.74, 6) is 0.281. The van der Waals surface area contributed by atoms with Gasteiger partial charge in [-0.2, -0.15) is 4.98 Å². The fraction of sp³-hybridized carbons (Fsp3) is 0.278. The number of carbonyl (C=O) groups is 1. The highest BCUT2D eigenvalue weighted by Gasteiger charge is 2.13. The van der Waals surface area contributed by atoms with Crippen molar-refractivity contribution in [2.24, 2.45) is 14.1 Å². The van der Waals surface area contributed by atoms with Crippen molar-refractivity contribution in [1.82, 2.24) is 19.3 Å². The Bertz CT molecular complexity index is 1070. The molecule has 140 valence electrons. The summed E-state index contributed by atoms with van der Waals surface area (Å²) < 4.78 is 12.5. The van der Waals surface area contributed by atoms with Gasteiger partial charge in [-0.15, -0.1) is 0 Å². The topological polar surface area (TPSA) is 109 Å². The molecule has 0 aliphatic heterocycles. The molecule has 0 radical (unpaired) electrons. The fourth-order valence-electron chi connectivity index (χ4n) is 2.41. The molecule has 0 bridgehead atoms. The van der Waals surface area contributed by atoms with Gasteiger partial charge >= 0.3 is 11.7 Å². The van der Waals surface area contributed by atoms with Crippen LogP contribution in [0.5, 0.6) is 0 Å². The molecule has 0 saturated heterocycles. The molecule has 3 rings (SSSR count). The third-order valence-electron chi connectivity index (χ3n) is 4.05. The quantitative estimate of drug-likeness (QED) is 0.591. The number of hydrogen-bond acceptors (Lipinski definition) is 7. The first-order valence-corrected chi connectivity index (χ1v) is 8.25. The number of aromatic nitrogens is 4. The van der Waals surface area contributed by atoms with E-state index in [0.29, 0.717) is 17.4 Å². The summed E-state index contributed by atoms with van der Waals surface area (Å²) in [4.78, 5) is 39.7. The van der Waals surface area contributed by atoms with Crippen LogP contribution in [-0.4, -0.2) is 25.2 Å². The van der Waals surface area contributed by atoms with Crippen LogP contribution in [0.1, 0.15) is 18.0 Å². The van der Waals surface area contributed by atoms with E-state index in [1.165, 1.54) is 24.7 Å². The molecule has 0 unspecified atom stereocenters. The summed E-state index contributed by atoms with van der Waals surface area (Å²) in [6.45, 7) is -0.167. The van der Waals surface area contributed by atoms with Crippen LogP contribution in [0.2, 0.25) is 0 Å². The van der Waals surface area contributed by atoms with Crippen LogP contribution >= 0.6 is 0 Å². The smallest absolute Gasteiger partial charge is 0.330 e. The first kappa shape index (κ1) is 18.3. The third-order valence-corrected chi connectivity index (χ3v) is 4.05. The summed E-state index contributed by atoms with van der Waals surface area (Å²) in [7, 11) is 2.89. The number of nitrogens with zero attached hydrogens (tertiary/aromatic N) is 4. The van der Waals surface area contributed by atoms with Crippen molar-refractivity contribution < 1.29 is 14.1 Å². The number of hydrogen-bond donors (Lipinski definition) is 0. The van der Waals surface area contributed by atoms with Crippen molar-refractivity contribution in [3.8, 4) is 11.4 Å². The van der Waals surface area contributed by atoms with Crippen LogP contribution in [0.15, 0.2) is 50.5 Å². The molecule has 0 amide bonds. The normalized spacial score (nSPS) is 10.7. The molecule has 2 heterocycles. The Balaban J connectivity index is 1.56. The molecule has 0 spiro atoms. The molecule has 0 atom stereocenters. The zero-order valence-corrected chi connectivity index (χ0v) is 14.9. The van der Waals surface area contributed by atoms with Gasteiger partial charge in [0.2, 0.25) is 11.7 Å². The summed E-state index contributed by atoms with van der Waals surface area (Å²) in [6, 6.07) is 10.6. The number of esters is 1. The van der Waals surface area contributed by atoms with Crippen molar-refractivity contribution in [3.63, 3.8) is 0 Å². The molecule has 9 nitrogen and oxygen atoms in total. The first-order valence-electron chi connectivity index (χ1n) is 8.25. The highest BCUT2D eigenvalue weighted by Crippen LogP contribution is 2.15. The van der Waals surface area contributed by atoms with E-state index in [1.807, 2.05) is 30.3 Å². The summed E-state index contributed by atoms with van der Waals surface area (Å²) >= 11 is 0. The van der Waals surface area contributed by atoms with Crippen LogP contribution in [0, 0.1) is 0 Å². The second kappa shape index (κ2) is 7.81. The van der Waals surface area contributed by atoms with Gasteiger partial charge in [0, 0.05) is 32.1 Å². The van der Waals surface area contributed by atoms with Gasteiger partial charge in [0.05, 0.1) is 12.1 Å². The zero-order chi connectivity index (χ0) is 19.4. The average Bonchev–Trinajstić information content (AvgIpc) is 3.16. The number of carbonyl (C=O) groups excluding carboxylic acids is 1. The van der Waals surface area contributed by atoms with Crippen LogP contribution in [0.25, 0.3) is 11.4 Å². The van der Waals surface area contributed by atoms with Gasteiger partial charge in [-0.25, -0.2) is 4.79 Å². The molecule has 0 fully saturated rings. The van der Waals surface area contributed by atoms with E-state index in [0.717, 1.165) is 10.1 Å². The predicted octanol–water partition coefficient (Wildman–Crippen LogP) is 0.810. The molecular formula is C18H18N4O5. The van der Waals surface area contributed by atoms with E-state index in [4.69, 9.17) is 9.26 Å². The summed E-state index contributed by atoms with van der Waals surface area (Å²) in [5.41, 5.74) is 0.207. The van der Waals surface area contributed by atoms with Gasteiger partial charge in [-0.05, 0) is 0 Å². The molecule has 0 saturated carbocycles. The molecular weight excluding hydrogens is 352 g/mol. The van der Waals surface area contributed by atoms with Gasteiger partial charge < -0.3 is 9.26 Å². The Morgan fingerprint density at radius 1 is 1.15 bits per heavy atom. The zero-order valence-electron chi connectivity index (χ0n) is 14.9. The Hall–Kier alpha value is -3.49. The number of ether oxygens (including phenoxy) is 1. The summed E-state index contributed by atoms with van der Waals surface area (Å²) in [5, 5.41) is 3.88. The molecule has 3 aromatic rings. The monoisotopic (exact) mass is 370 g/mol. The van der Waals surface area contributed by atoms with E-state index >= 15 is 0 Å². The molecule has 1 aromatic carbocycles. The Morgan fingerprint density at radius 3 is 2.63 bits per heavy atom. The van der Waals surface area contributed by atoms with Gasteiger partial charge in [-0.1, -0.05) is 35.5 Å².